The van der Waals surface area contributed by atoms with Gasteiger partial charge in [0.25, 0.3) is 5.91 Å². The lowest BCUT2D eigenvalue weighted by molar-refractivity contribution is 0.0780. The Labute approximate surface area is 82.9 Å². The summed E-state index contributed by atoms with van der Waals surface area (Å²) in [6.07, 6.45) is 2.32. The monoisotopic (exact) mass is 197 g/mol. The van der Waals surface area contributed by atoms with Crippen LogP contribution in [-0.2, 0) is 7.05 Å². The number of aliphatic hydroxyl groups excluding tert-OH is 1. The lowest BCUT2D eigenvalue weighted by Crippen LogP contribution is -2.28. The van der Waals surface area contributed by atoms with E-state index in [9.17, 15) is 4.79 Å². The van der Waals surface area contributed by atoms with Crippen LogP contribution in [0.2, 0.25) is 0 Å². The zero-order chi connectivity index (χ0) is 10.6. The number of hydrogen-bond donors (Lipinski definition) is 1. The first kappa shape index (κ1) is 10.7. The van der Waals surface area contributed by atoms with Crippen molar-refractivity contribution in [2.75, 3.05) is 20.2 Å². The molecule has 5 heteroatoms. The van der Waals surface area contributed by atoms with Crippen LogP contribution in [0.1, 0.15) is 16.9 Å². The van der Waals surface area contributed by atoms with Gasteiger partial charge in [-0.2, -0.15) is 5.10 Å². The van der Waals surface area contributed by atoms with E-state index >= 15 is 0 Å². The largest absolute Gasteiger partial charge is 0.396 e. The van der Waals surface area contributed by atoms with E-state index in [2.05, 4.69) is 5.10 Å². The molecule has 0 bridgehead atoms. The van der Waals surface area contributed by atoms with Gasteiger partial charge in [-0.15, -0.1) is 0 Å². The van der Waals surface area contributed by atoms with Crippen molar-refractivity contribution in [2.45, 2.75) is 6.42 Å². The van der Waals surface area contributed by atoms with Gasteiger partial charge in [-0.1, -0.05) is 0 Å². The van der Waals surface area contributed by atoms with Crippen LogP contribution in [0.4, 0.5) is 0 Å². The highest BCUT2D eigenvalue weighted by Crippen LogP contribution is 2.00. The van der Waals surface area contributed by atoms with Gasteiger partial charge in [-0.25, -0.2) is 0 Å². The van der Waals surface area contributed by atoms with Crippen molar-refractivity contribution in [1.82, 2.24) is 14.7 Å². The highest BCUT2D eigenvalue weighted by molar-refractivity contribution is 5.91. The SMILES string of the molecule is CN(CCCO)C(=O)c1ccn(C)n1. The van der Waals surface area contributed by atoms with Crippen molar-refractivity contribution in [1.29, 1.82) is 0 Å². The van der Waals surface area contributed by atoms with Crippen molar-refractivity contribution < 1.29 is 9.90 Å². The first-order valence-electron chi connectivity index (χ1n) is 4.51. The summed E-state index contributed by atoms with van der Waals surface area (Å²) in [6, 6.07) is 1.68. The Balaban J connectivity index is 2.56. The summed E-state index contributed by atoms with van der Waals surface area (Å²) in [5.74, 6) is -0.112. The highest BCUT2D eigenvalue weighted by Gasteiger charge is 2.13. The maximum Gasteiger partial charge on any atom is 0.274 e. The second-order valence-electron chi connectivity index (χ2n) is 3.18. The van der Waals surface area contributed by atoms with Crippen LogP contribution in [0.5, 0.6) is 0 Å². The molecule has 1 N–H and O–H groups in total. The second kappa shape index (κ2) is 4.76. The number of rotatable bonds is 4. The fourth-order valence-electron chi connectivity index (χ4n) is 1.13. The van der Waals surface area contributed by atoms with Crippen LogP contribution < -0.4 is 0 Å². The number of amides is 1. The van der Waals surface area contributed by atoms with Crippen molar-refractivity contribution in [3.05, 3.63) is 18.0 Å². The average molecular weight is 197 g/mol. The topological polar surface area (TPSA) is 58.4 Å². The van der Waals surface area contributed by atoms with Crippen LogP contribution in [0.3, 0.4) is 0 Å². The molecule has 1 aromatic heterocycles. The summed E-state index contributed by atoms with van der Waals surface area (Å²) < 4.78 is 1.59. The first-order chi connectivity index (χ1) is 6.65. The molecule has 0 aliphatic heterocycles. The Morgan fingerprint density at radius 1 is 1.71 bits per heavy atom. The molecule has 0 fully saturated rings. The molecule has 5 nitrogen and oxygen atoms in total. The smallest absolute Gasteiger partial charge is 0.274 e. The number of nitrogens with zero attached hydrogens (tertiary/aromatic N) is 3. The molecule has 1 amide bonds. The molecule has 0 radical (unpaired) electrons. The van der Waals surface area contributed by atoms with E-state index in [-0.39, 0.29) is 12.5 Å². The highest BCUT2D eigenvalue weighted by atomic mass is 16.3. The third-order valence-electron chi connectivity index (χ3n) is 1.93. The molecule has 0 unspecified atom stereocenters. The van der Waals surface area contributed by atoms with Crippen LogP contribution >= 0.6 is 0 Å². The summed E-state index contributed by atoms with van der Waals surface area (Å²) in [5.41, 5.74) is 0.438. The van der Waals surface area contributed by atoms with E-state index in [1.807, 2.05) is 0 Å². The Bertz CT molecular complexity index is 309. The lowest BCUT2D eigenvalue weighted by Gasteiger charge is -2.14. The van der Waals surface area contributed by atoms with E-state index < -0.39 is 0 Å². The standard InChI is InChI=1S/C9H15N3O2/c1-11(5-3-7-13)9(14)8-4-6-12(2)10-8/h4,6,13H,3,5,7H2,1-2H3. The van der Waals surface area contributed by atoms with E-state index in [0.29, 0.717) is 18.7 Å². The van der Waals surface area contributed by atoms with Gasteiger partial charge in [0, 0.05) is 33.4 Å². The molecule has 1 aromatic rings. The normalized spacial score (nSPS) is 10.2. The van der Waals surface area contributed by atoms with Crippen molar-refractivity contribution in [3.8, 4) is 0 Å². The minimum atomic E-state index is -0.112. The van der Waals surface area contributed by atoms with E-state index in [4.69, 9.17) is 5.11 Å². The number of carbonyl (C=O) groups is 1. The quantitative estimate of drug-likeness (QED) is 0.731. The zero-order valence-electron chi connectivity index (χ0n) is 8.47. The van der Waals surface area contributed by atoms with Gasteiger partial charge in [0.15, 0.2) is 0 Å². The van der Waals surface area contributed by atoms with Gasteiger partial charge < -0.3 is 10.0 Å². The zero-order valence-corrected chi connectivity index (χ0v) is 8.47. The summed E-state index contributed by atoms with van der Waals surface area (Å²) in [4.78, 5) is 13.2. The third-order valence-corrected chi connectivity index (χ3v) is 1.93. The van der Waals surface area contributed by atoms with Crippen molar-refractivity contribution in [2.24, 2.45) is 7.05 Å². The molecule has 0 saturated heterocycles. The van der Waals surface area contributed by atoms with E-state index in [0.717, 1.165) is 0 Å². The average Bonchev–Trinajstić information content (AvgIpc) is 2.60. The predicted octanol–water partition coefficient (Wildman–Crippen LogP) is -0.126. The minimum absolute atomic E-state index is 0.0971. The van der Waals surface area contributed by atoms with Gasteiger partial charge >= 0.3 is 0 Å². The van der Waals surface area contributed by atoms with E-state index in [1.54, 1.807) is 35.9 Å². The molecule has 0 aliphatic carbocycles. The lowest BCUT2D eigenvalue weighted by atomic mass is 10.3. The minimum Gasteiger partial charge on any atom is -0.396 e. The molecule has 0 aliphatic rings. The fourth-order valence-corrected chi connectivity index (χ4v) is 1.13. The van der Waals surface area contributed by atoms with Crippen LogP contribution in [0, 0.1) is 0 Å². The molecule has 0 spiro atoms. The Hall–Kier alpha value is -1.36. The van der Waals surface area contributed by atoms with Gasteiger partial charge in [-0.05, 0) is 12.5 Å². The summed E-state index contributed by atoms with van der Waals surface area (Å²) in [5, 5.41) is 12.6. The van der Waals surface area contributed by atoms with Crippen LogP contribution in [-0.4, -0.2) is 45.9 Å². The Morgan fingerprint density at radius 3 is 2.93 bits per heavy atom. The van der Waals surface area contributed by atoms with Crippen molar-refractivity contribution in [3.63, 3.8) is 0 Å². The Kier molecular flexibility index (Phi) is 3.64. The summed E-state index contributed by atoms with van der Waals surface area (Å²) in [6.45, 7) is 0.645. The van der Waals surface area contributed by atoms with Gasteiger partial charge in [0.1, 0.15) is 5.69 Å². The molecule has 0 aromatic carbocycles. The summed E-state index contributed by atoms with van der Waals surface area (Å²) >= 11 is 0. The number of hydrogen-bond acceptors (Lipinski definition) is 3. The molecule has 1 rings (SSSR count). The van der Waals surface area contributed by atoms with Gasteiger partial charge in [0.05, 0.1) is 0 Å². The van der Waals surface area contributed by atoms with Crippen molar-refractivity contribution >= 4 is 5.91 Å². The number of aryl methyl sites for hydroxylation is 1. The maximum absolute atomic E-state index is 11.6. The molecule has 0 atom stereocenters. The fraction of sp³-hybridized carbons (Fsp3) is 0.556. The molecule has 0 saturated carbocycles. The third kappa shape index (κ3) is 2.56. The Morgan fingerprint density at radius 2 is 2.43 bits per heavy atom. The molecule has 14 heavy (non-hydrogen) atoms. The van der Waals surface area contributed by atoms with E-state index in [1.165, 1.54) is 0 Å². The molecular formula is C9H15N3O2. The number of aliphatic hydroxyl groups is 1. The number of carbonyl (C=O) groups excluding carboxylic acids is 1. The maximum atomic E-state index is 11.6. The van der Waals surface area contributed by atoms with Crippen LogP contribution in [0.25, 0.3) is 0 Å². The first-order valence-corrected chi connectivity index (χ1v) is 4.51. The predicted molar refractivity (Wildman–Crippen MR) is 51.9 cm³/mol. The van der Waals surface area contributed by atoms with Crippen LogP contribution in [0.15, 0.2) is 12.3 Å². The van der Waals surface area contributed by atoms with Gasteiger partial charge in [-0.3, -0.25) is 9.48 Å². The van der Waals surface area contributed by atoms with Gasteiger partial charge in [0.2, 0.25) is 0 Å². The summed E-state index contributed by atoms with van der Waals surface area (Å²) in [7, 11) is 3.47. The molecule has 78 valence electrons. The molecular weight excluding hydrogens is 182 g/mol. The molecule has 1 heterocycles. The number of aromatic nitrogens is 2. The second-order valence-corrected chi connectivity index (χ2v) is 3.18.